The minimum atomic E-state index is -2.73. The smallest absolute Gasteiger partial charge is 0.377 e. The highest BCUT2D eigenvalue weighted by atomic mass is 28.4. The second-order valence-corrected chi connectivity index (χ2v) is 8.62. The lowest BCUT2D eigenvalue weighted by Crippen LogP contribution is -2.52. The fraction of sp³-hybridized carbons (Fsp3) is 0.625. The van der Waals surface area contributed by atoms with Gasteiger partial charge in [0, 0.05) is 26.7 Å². The van der Waals surface area contributed by atoms with Crippen LogP contribution in [0, 0.1) is 0 Å². The Labute approximate surface area is 135 Å². The van der Waals surface area contributed by atoms with E-state index in [9.17, 15) is 0 Å². The van der Waals surface area contributed by atoms with E-state index in [1.165, 1.54) is 5.56 Å². The maximum absolute atomic E-state index is 6.43. The lowest BCUT2D eigenvalue weighted by Gasteiger charge is -2.38. The van der Waals surface area contributed by atoms with E-state index in [2.05, 4.69) is 19.1 Å². The van der Waals surface area contributed by atoms with Gasteiger partial charge in [0.2, 0.25) is 0 Å². The molecule has 22 heavy (non-hydrogen) atoms. The predicted octanol–water partition coefficient (Wildman–Crippen LogP) is 1.93. The van der Waals surface area contributed by atoms with Gasteiger partial charge in [-0.1, -0.05) is 30.3 Å². The summed E-state index contributed by atoms with van der Waals surface area (Å²) in [5, 5.41) is 0. The summed E-state index contributed by atoms with van der Waals surface area (Å²) in [7, 11) is 0.574. The number of nitrogens with two attached hydrogens (primary N) is 2. The average Bonchev–Trinajstić information content (AvgIpc) is 2.52. The minimum absolute atomic E-state index is 0.414. The molecule has 1 aromatic carbocycles. The van der Waals surface area contributed by atoms with E-state index in [0.717, 1.165) is 19.3 Å². The van der Waals surface area contributed by atoms with Crippen molar-refractivity contribution in [1.29, 1.82) is 0 Å². The monoisotopic (exact) mass is 326 g/mol. The van der Waals surface area contributed by atoms with Gasteiger partial charge in [-0.2, -0.15) is 0 Å². The molecule has 1 rings (SSSR count). The molecule has 6 heteroatoms. The van der Waals surface area contributed by atoms with Gasteiger partial charge < -0.3 is 24.7 Å². The molecule has 0 fully saturated rings. The molecule has 0 bridgehead atoms. The van der Waals surface area contributed by atoms with E-state index >= 15 is 0 Å². The quantitative estimate of drug-likeness (QED) is 0.607. The Morgan fingerprint density at radius 2 is 1.68 bits per heavy atom. The molecule has 0 saturated carbocycles. The fourth-order valence-corrected chi connectivity index (χ4v) is 5.03. The van der Waals surface area contributed by atoms with Gasteiger partial charge in [-0.3, -0.25) is 0 Å². The molecule has 0 amide bonds. The highest BCUT2D eigenvalue weighted by Gasteiger charge is 2.44. The van der Waals surface area contributed by atoms with Crippen molar-refractivity contribution in [3.63, 3.8) is 0 Å². The van der Waals surface area contributed by atoms with Crippen molar-refractivity contribution >= 4 is 8.80 Å². The van der Waals surface area contributed by atoms with E-state index in [1.807, 2.05) is 18.2 Å². The molecule has 0 spiro atoms. The Balaban J connectivity index is 2.91. The third kappa shape index (κ3) is 5.79. The van der Waals surface area contributed by atoms with Gasteiger partial charge in [0.25, 0.3) is 0 Å². The molecule has 0 aliphatic rings. The Kier molecular flexibility index (Phi) is 8.23. The van der Waals surface area contributed by atoms with Crippen LogP contribution >= 0.6 is 0 Å². The summed E-state index contributed by atoms with van der Waals surface area (Å²) in [4.78, 5) is 0. The van der Waals surface area contributed by atoms with Crippen molar-refractivity contribution in [1.82, 2.24) is 0 Å². The minimum Gasteiger partial charge on any atom is -0.377 e. The summed E-state index contributed by atoms with van der Waals surface area (Å²) in [6.07, 6.45) is 2.33. The van der Waals surface area contributed by atoms with E-state index in [0.29, 0.717) is 19.1 Å². The molecule has 0 aliphatic heterocycles. The largest absolute Gasteiger partial charge is 0.500 e. The number of hydrogen-bond acceptors (Lipinski definition) is 5. The van der Waals surface area contributed by atoms with E-state index in [1.54, 1.807) is 14.2 Å². The third-order valence-corrected chi connectivity index (χ3v) is 6.82. The maximum atomic E-state index is 6.43. The summed E-state index contributed by atoms with van der Waals surface area (Å²) >= 11 is 0. The van der Waals surface area contributed by atoms with Gasteiger partial charge >= 0.3 is 8.80 Å². The van der Waals surface area contributed by atoms with Crippen molar-refractivity contribution in [2.45, 2.75) is 37.8 Å². The number of rotatable bonds is 11. The van der Waals surface area contributed by atoms with Crippen LogP contribution in [0.1, 0.15) is 25.3 Å². The second kappa shape index (κ2) is 9.39. The van der Waals surface area contributed by atoms with Gasteiger partial charge in [0.1, 0.15) is 0 Å². The van der Waals surface area contributed by atoms with Crippen molar-refractivity contribution in [3.8, 4) is 0 Å². The van der Waals surface area contributed by atoms with Crippen LogP contribution < -0.4 is 11.5 Å². The first kappa shape index (κ1) is 19.3. The zero-order chi connectivity index (χ0) is 16.5. The predicted molar refractivity (Wildman–Crippen MR) is 91.6 cm³/mol. The highest BCUT2D eigenvalue weighted by molar-refractivity contribution is 6.60. The molecule has 4 N–H and O–H groups in total. The van der Waals surface area contributed by atoms with Crippen LogP contribution in [0.15, 0.2) is 30.3 Å². The molecule has 0 aromatic heterocycles. The van der Waals surface area contributed by atoms with E-state index < -0.39 is 14.4 Å². The summed E-state index contributed by atoms with van der Waals surface area (Å²) in [5.41, 5.74) is 12.2. The fourth-order valence-electron chi connectivity index (χ4n) is 2.62. The van der Waals surface area contributed by atoms with E-state index in [4.69, 9.17) is 24.7 Å². The normalized spacial score (nSPS) is 14.8. The van der Waals surface area contributed by atoms with Crippen LogP contribution in [-0.2, 0) is 19.7 Å². The maximum Gasteiger partial charge on any atom is 0.500 e. The van der Waals surface area contributed by atoms with Crippen LogP contribution in [0.4, 0.5) is 0 Å². The Morgan fingerprint density at radius 3 is 2.18 bits per heavy atom. The van der Waals surface area contributed by atoms with Crippen LogP contribution in [0.3, 0.4) is 0 Å². The Bertz CT molecular complexity index is 415. The van der Waals surface area contributed by atoms with Crippen LogP contribution in [-0.4, -0.2) is 41.7 Å². The molecule has 1 unspecified atom stereocenters. The summed E-state index contributed by atoms with van der Waals surface area (Å²) < 4.78 is 17.8. The highest BCUT2D eigenvalue weighted by Crippen LogP contribution is 2.29. The number of benzene rings is 1. The average molecular weight is 327 g/mol. The molecule has 126 valence electrons. The first-order valence-corrected chi connectivity index (χ1v) is 9.71. The van der Waals surface area contributed by atoms with Crippen molar-refractivity contribution in [2.75, 3.05) is 27.3 Å². The van der Waals surface area contributed by atoms with Crippen LogP contribution in [0.2, 0.25) is 6.04 Å². The Hall–Kier alpha value is -0.763. The molecule has 0 saturated heterocycles. The van der Waals surface area contributed by atoms with Gasteiger partial charge in [-0.25, -0.2) is 0 Å². The summed E-state index contributed by atoms with van der Waals surface area (Å²) in [5.74, 6) is 0. The third-order valence-electron chi connectivity index (χ3n) is 3.81. The first-order valence-electron chi connectivity index (χ1n) is 7.77. The molecule has 0 radical (unpaired) electrons. The SMILES string of the molecule is CO[Si](CCCN)(OC)OC(C)(CCN)Cc1ccccc1. The zero-order valence-corrected chi connectivity index (χ0v) is 15.0. The number of hydrogen-bond donors (Lipinski definition) is 2. The zero-order valence-electron chi connectivity index (χ0n) is 14.0. The van der Waals surface area contributed by atoms with Gasteiger partial charge in [0.15, 0.2) is 0 Å². The Morgan fingerprint density at radius 1 is 1.05 bits per heavy atom. The molecule has 0 aliphatic carbocycles. The van der Waals surface area contributed by atoms with Crippen LogP contribution in [0.25, 0.3) is 0 Å². The van der Waals surface area contributed by atoms with Gasteiger partial charge in [-0.05, 0) is 38.4 Å². The van der Waals surface area contributed by atoms with Crippen molar-refractivity contribution in [3.05, 3.63) is 35.9 Å². The second-order valence-electron chi connectivity index (χ2n) is 5.74. The molecule has 5 nitrogen and oxygen atoms in total. The topological polar surface area (TPSA) is 79.7 Å². The molecular formula is C16H30N2O3Si. The first-order chi connectivity index (χ1) is 10.5. The summed E-state index contributed by atoms with van der Waals surface area (Å²) in [6.45, 7) is 3.23. The molecule has 0 heterocycles. The standard InChI is InChI=1S/C16H30N2O3Si/c1-16(10-12-18,14-15-8-5-4-6-9-15)21-22(19-2,20-3)13-7-11-17/h4-6,8-9H,7,10-14,17-18H2,1-3H3. The van der Waals surface area contributed by atoms with E-state index in [-0.39, 0.29) is 0 Å². The van der Waals surface area contributed by atoms with Gasteiger partial charge in [-0.15, -0.1) is 0 Å². The van der Waals surface area contributed by atoms with Crippen LogP contribution in [0.5, 0.6) is 0 Å². The lowest BCUT2D eigenvalue weighted by molar-refractivity contribution is -0.00991. The molecular weight excluding hydrogens is 296 g/mol. The van der Waals surface area contributed by atoms with Gasteiger partial charge in [0.05, 0.1) is 5.60 Å². The molecule has 1 atom stereocenters. The summed E-state index contributed by atoms with van der Waals surface area (Å²) in [6, 6.07) is 11.0. The lowest BCUT2D eigenvalue weighted by atomic mass is 9.93. The van der Waals surface area contributed by atoms with Crippen molar-refractivity contribution < 1.29 is 13.3 Å². The van der Waals surface area contributed by atoms with Crippen molar-refractivity contribution in [2.24, 2.45) is 11.5 Å². The molecule has 1 aromatic rings.